The standard InChI is InChI=1S/C49H49BN2O2/c1-47(2,3)30-18-23-33(24-19-30)52(34-25-20-31(21-26-34)48(4,5)6)38-29-42-45(46-43(38)35-14-11-12-15-37(35)51(46)10)50-36-28-32(49(7,8)9)22-27-39(36)53-40-16-13-17-41(54-42)44(40)50/h11-29H,1-10H3. The zero-order chi connectivity index (χ0) is 37.9. The van der Waals surface area contributed by atoms with Gasteiger partial charge in [-0.1, -0.05) is 123 Å². The number of nitrogens with zero attached hydrogens (tertiary/aromatic N) is 2. The molecule has 4 nitrogen and oxygen atoms in total. The highest BCUT2D eigenvalue weighted by atomic mass is 16.5. The van der Waals surface area contributed by atoms with Crippen LogP contribution in [0.5, 0.6) is 23.0 Å². The molecule has 0 fully saturated rings. The minimum absolute atomic E-state index is 0.0206. The lowest BCUT2D eigenvalue weighted by Gasteiger charge is -2.35. The van der Waals surface area contributed by atoms with E-state index >= 15 is 0 Å². The zero-order valence-electron chi connectivity index (χ0n) is 33.3. The highest BCUT2D eigenvalue weighted by molar-refractivity contribution is 6.99. The van der Waals surface area contributed by atoms with Gasteiger partial charge in [-0.3, -0.25) is 0 Å². The van der Waals surface area contributed by atoms with Gasteiger partial charge in [0.25, 0.3) is 6.71 Å². The molecule has 0 spiro atoms. The Bertz CT molecular complexity index is 2560. The molecule has 54 heavy (non-hydrogen) atoms. The number of benzene rings is 6. The summed E-state index contributed by atoms with van der Waals surface area (Å²) >= 11 is 0. The summed E-state index contributed by atoms with van der Waals surface area (Å²) in [5, 5.41) is 2.42. The SMILES string of the molecule is Cn1c2ccccc2c2c(N(c3ccc(C(C)(C)C)cc3)c3ccc(C(C)(C)C)cc3)cc3c(c21)B1c2cc(C(C)(C)C)ccc2Oc2cccc(c21)O3. The first-order valence-corrected chi connectivity index (χ1v) is 19.3. The van der Waals surface area contributed by atoms with E-state index < -0.39 is 0 Å². The highest BCUT2D eigenvalue weighted by Gasteiger charge is 2.43. The first-order valence-electron chi connectivity index (χ1n) is 19.3. The van der Waals surface area contributed by atoms with Gasteiger partial charge in [-0.2, -0.15) is 0 Å². The van der Waals surface area contributed by atoms with Crippen molar-refractivity contribution in [1.82, 2.24) is 4.57 Å². The highest BCUT2D eigenvalue weighted by Crippen LogP contribution is 2.47. The summed E-state index contributed by atoms with van der Waals surface area (Å²) in [6.07, 6.45) is 0. The maximum Gasteiger partial charge on any atom is 0.263 e. The Balaban J connectivity index is 1.38. The minimum Gasteiger partial charge on any atom is -0.458 e. The Morgan fingerprint density at radius 2 is 1.06 bits per heavy atom. The molecular weight excluding hydrogens is 659 g/mol. The van der Waals surface area contributed by atoms with Gasteiger partial charge in [0.1, 0.15) is 23.0 Å². The average Bonchev–Trinajstić information content (AvgIpc) is 3.43. The first-order chi connectivity index (χ1) is 25.6. The number of hydrogen-bond acceptors (Lipinski definition) is 3. The van der Waals surface area contributed by atoms with E-state index in [1.165, 1.54) is 49.4 Å². The number of hydrogen-bond donors (Lipinski definition) is 0. The van der Waals surface area contributed by atoms with Crippen LogP contribution in [0.25, 0.3) is 21.8 Å². The van der Waals surface area contributed by atoms with E-state index in [9.17, 15) is 0 Å². The quantitative estimate of drug-likeness (QED) is 0.171. The Morgan fingerprint density at radius 1 is 0.519 bits per heavy atom. The second-order valence-electron chi connectivity index (χ2n) is 18.3. The lowest BCUT2D eigenvalue weighted by Crippen LogP contribution is -2.58. The van der Waals surface area contributed by atoms with E-state index in [1.807, 2.05) is 6.07 Å². The van der Waals surface area contributed by atoms with Crippen molar-refractivity contribution >= 4 is 62.0 Å². The van der Waals surface area contributed by atoms with E-state index in [1.54, 1.807) is 0 Å². The van der Waals surface area contributed by atoms with E-state index in [0.717, 1.165) is 45.5 Å². The lowest BCUT2D eigenvalue weighted by atomic mass is 9.34. The summed E-state index contributed by atoms with van der Waals surface area (Å²) in [5.41, 5.74) is 13.0. The monoisotopic (exact) mass is 708 g/mol. The summed E-state index contributed by atoms with van der Waals surface area (Å²) in [4.78, 5) is 2.43. The van der Waals surface area contributed by atoms with Crippen LogP contribution in [0.4, 0.5) is 17.1 Å². The molecule has 0 amide bonds. The first kappa shape index (κ1) is 34.4. The molecule has 5 heteroatoms. The maximum atomic E-state index is 7.07. The molecule has 0 saturated heterocycles. The Labute approximate surface area is 320 Å². The number of ether oxygens (including phenoxy) is 2. The van der Waals surface area contributed by atoms with Gasteiger partial charge in [-0.05, 0) is 92.4 Å². The molecule has 0 unspecified atom stereocenters. The molecule has 2 aliphatic heterocycles. The average molecular weight is 709 g/mol. The fraction of sp³-hybridized carbons (Fsp3) is 0.265. The molecule has 3 heterocycles. The van der Waals surface area contributed by atoms with Gasteiger partial charge >= 0.3 is 0 Å². The van der Waals surface area contributed by atoms with Crippen LogP contribution in [-0.2, 0) is 23.3 Å². The number of aromatic nitrogens is 1. The normalized spacial score (nSPS) is 13.6. The molecule has 0 N–H and O–H groups in total. The van der Waals surface area contributed by atoms with Crippen molar-refractivity contribution in [3.63, 3.8) is 0 Å². The van der Waals surface area contributed by atoms with Crippen LogP contribution in [0.1, 0.15) is 79.0 Å². The van der Waals surface area contributed by atoms with E-state index in [-0.39, 0.29) is 23.0 Å². The third kappa shape index (κ3) is 5.34. The van der Waals surface area contributed by atoms with Crippen LogP contribution >= 0.6 is 0 Å². The predicted octanol–water partition coefficient (Wildman–Crippen LogP) is 11.4. The second-order valence-corrected chi connectivity index (χ2v) is 18.3. The van der Waals surface area contributed by atoms with E-state index in [4.69, 9.17) is 9.47 Å². The van der Waals surface area contributed by atoms with Crippen molar-refractivity contribution in [2.24, 2.45) is 7.05 Å². The van der Waals surface area contributed by atoms with Crippen LogP contribution in [0.2, 0.25) is 0 Å². The number of anilines is 3. The molecule has 7 aromatic rings. The van der Waals surface area contributed by atoms with E-state index in [0.29, 0.717) is 0 Å². The molecule has 9 rings (SSSR count). The molecule has 0 saturated carbocycles. The van der Waals surface area contributed by atoms with Crippen molar-refractivity contribution in [2.45, 2.75) is 78.6 Å². The molecular formula is C49H49BN2O2. The van der Waals surface area contributed by atoms with Crippen LogP contribution in [0, 0.1) is 0 Å². The van der Waals surface area contributed by atoms with Gasteiger partial charge in [-0.15, -0.1) is 0 Å². The maximum absolute atomic E-state index is 7.07. The number of aryl methyl sites for hydroxylation is 1. The van der Waals surface area contributed by atoms with Crippen molar-refractivity contribution in [3.8, 4) is 23.0 Å². The molecule has 0 bridgehead atoms. The van der Waals surface area contributed by atoms with Gasteiger partial charge in [0, 0.05) is 51.8 Å². The van der Waals surface area contributed by atoms with E-state index in [2.05, 4.69) is 188 Å². The molecule has 0 aliphatic carbocycles. The summed E-state index contributed by atoms with van der Waals surface area (Å²) in [6, 6.07) is 42.3. The minimum atomic E-state index is -0.0730. The third-order valence-electron chi connectivity index (χ3n) is 11.6. The summed E-state index contributed by atoms with van der Waals surface area (Å²) in [5.74, 6) is 3.47. The summed E-state index contributed by atoms with van der Waals surface area (Å²) in [7, 11) is 2.21. The predicted molar refractivity (Wildman–Crippen MR) is 229 cm³/mol. The molecule has 6 aromatic carbocycles. The van der Waals surface area contributed by atoms with Crippen LogP contribution in [-0.4, -0.2) is 11.3 Å². The Kier molecular flexibility index (Phi) is 7.50. The smallest absolute Gasteiger partial charge is 0.263 e. The molecule has 1 aromatic heterocycles. The lowest BCUT2D eigenvalue weighted by molar-refractivity contribution is 0.464. The van der Waals surface area contributed by atoms with Crippen molar-refractivity contribution in [1.29, 1.82) is 0 Å². The zero-order valence-corrected chi connectivity index (χ0v) is 33.3. The summed E-state index contributed by atoms with van der Waals surface area (Å²) < 4.78 is 16.1. The van der Waals surface area contributed by atoms with Crippen LogP contribution < -0.4 is 30.8 Å². The van der Waals surface area contributed by atoms with Crippen molar-refractivity contribution in [3.05, 3.63) is 132 Å². The fourth-order valence-electron chi connectivity index (χ4n) is 8.56. The van der Waals surface area contributed by atoms with Crippen LogP contribution in [0.15, 0.2) is 115 Å². The van der Waals surface area contributed by atoms with Gasteiger partial charge in [0.05, 0.1) is 5.69 Å². The van der Waals surface area contributed by atoms with Gasteiger partial charge in [0.2, 0.25) is 0 Å². The third-order valence-corrected chi connectivity index (χ3v) is 11.6. The Morgan fingerprint density at radius 3 is 1.63 bits per heavy atom. The molecule has 0 radical (unpaired) electrons. The Hall–Kier alpha value is -5.42. The number of rotatable bonds is 3. The summed E-state index contributed by atoms with van der Waals surface area (Å²) in [6.45, 7) is 20.4. The number of fused-ring (bicyclic) bond motifs is 8. The van der Waals surface area contributed by atoms with Crippen molar-refractivity contribution in [2.75, 3.05) is 4.90 Å². The van der Waals surface area contributed by atoms with Gasteiger partial charge < -0.3 is 18.9 Å². The topological polar surface area (TPSA) is 26.6 Å². The fourth-order valence-corrected chi connectivity index (χ4v) is 8.56. The second kappa shape index (κ2) is 11.8. The van der Waals surface area contributed by atoms with Gasteiger partial charge in [-0.25, -0.2) is 0 Å². The largest absolute Gasteiger partial charge is 0.458 e. The number of para-hydroxylation sites is 1. The molecule has 0 atom stereocenters. The molecule has 270 valence electrons. The van der Waals surface area contributed by atoms with Gasteiger partial charge in [0.15, 0.2) is 0 Å². The van der Waals surface area contributed by atoms with Crippen LogP contribution in [0.3, 0.4) is 0 Å². The van der Waals surface area contributed by atoms with Crippen molar-refractivity contribution < 1.29 is 9.47 Å². The molecule has 2 aliphatic rings.